The fourth-order valence-electron chi connectivity index (χ4n) is 1.93. The van der Waals surface area contributed by atoms with Gasteiger partial charge in [-0.25, -0.2) is 14.8 Å². The molecule has 112 valence electrons. The molecule has 0 aliphatic heterocycles. The summed E-state index contributed by atoms with van der Waals surface area (Å²) in [6.45, 7) is 4.00. The number of imidazole rings is 1. The van der Waals surface area contributed by atoms with Crippen LogP contribution in [0.3, 0.4) is 0 Å². The minimum atomic E-state index is -0.452. The lowest BCUT2D eigenvalue weighted by Gasteiger charge is -2.10. The standard InChI is InChI=1S/C14H16ClN3O3/c1-4-13-17-9(14(19)21-5-2)8-18(13)10-7-16-12(15)6-11(10)20-3/h6-8H,4-5H2,1-3H3. The predicted octanol–water partition coefficient (Wildman–Crippen LogP) is 2.67. The molecule has 0 saturated carbocycles. The Labute approximate surface area is 127 Å². The number of carbonyl (C=O) groups excluding carboxylic acids is 1. The SMILES string of the molecule is CCOC(=O)c1cn(-c2cnc(Cl)cc2OC)c(CC)n1. The number of methoxy groups -OCH3 is 1. The molecular weight excluding hydrogens is 294 g/mol. The van der Waals surface area contributed by atoms with Crippen LogP contribution in [0, 0.1) is 0 Å². The molecule has 2 aromatic rings. The van der Waals surface area contributed by atoms with E-state index in [0.29, 0.717) is 35.4 Å². The molecule has 0 aliphatic carbocycles. The molecule has 7 heteroatoms. The first-order valence-corrected chi connectivity index (χ1v) is 6.93. The molecule has 0 radical (unpaired) electrons. The molecule has 21 heavy (non-hydrogen) atoms. The van der Waals surface area contributed by atoms with Gasteiger partial charge in [-0.2, -0.15) is 0 Å². The molecular formula is C14H16ClN3O3. The number of halogens is 1. The van der Waals surface area contributed by atoms with Crippen molar-refractivity contribution >= 4 is 17.6 Å². The van der Waals surface area contributed by atoms with Crippen LogP contribution in [0.15, 0.2) is 18.5 Å². The van der Waals surface area contributed by atoms with Crippen molar-refractivity contribution in [2.24, 2.45) is 0 Å². The van der Waals surface area contributed by atoms with E-state index in [9.17, 15) is 4.79 Å². The van der Waals surface area contributed by atoms with Gasteiger partial charge in [-0.3, -0.25) is 4.57 Å². The zero-order valence-corrected chi connectivity index (χ0v) is 12.8. The van der Waals surface area contributed by atoms with E-state index in [1.165, 1.54) is 0 Å². The summed E-state index contributed by atoms with van der Waals surface area (Å²) in [5.41, 5.74) is 0.924. The molecule has 0 fully saturated rings. The maximum absolute atomic E-state index is 11.8. The Kier molecular flexibility index (Phi) is 4.80. The number of esters is 1. The smallest absolute Gasteiger partial charge is 0.358 e. The quantitative estimate of drug-likeness (QED) is 0.627. The van der Waals surface area contributed by atoms with Crippen molar-refractivity contribution in [3.63, 3.8) is 0 Å². The van der Waals surface area contributed by atoms with Gasteiger partial charge in [0.2, 0.25) is 0 Å². The topological polar surface area (TPSA) is 66.2 Å². The number of ether oxygens (including phenoxy) is 2. The van der Waals surface area contributed by atoms with E-state index in [1.54, 1.807) is 37.1 Å². The van der Waals surface area contributed by atoms with E-state index < -0.39 is 5.97 Å². The second-order valence-corrected chi connectivity index (χ2v) is 4.55. The van der Waals surface area contributed by atoms with Gasteiger partial charge in [0.15, 0.2) is 5.69 Å². The van der Waals surface area contributed by atoms with Crippen LogP contribution in [0.2, 0.25) is 5.15 Å². The number of hydrogen-bond acceptors (Lipinski definition) is 5. The zero-order chi connectivity index (χ0) is 15.4. The molecule has 0 saturated heterocycles. The Hall–Kier alpha value is -2.08. The number of hydrogen-bond donors (Lipinski definition) is 0. The Morgan fingerprint density at radius 1 is 1.43 bits per heavy atom. The Balaban J connectivity index is 2.50. The van der Waals surface area contributed by atoms with E-state index >= 15 is 0 Å². The molecule has 0 bridgehead atoms. The van der Waals surface area contributed by atoms with Crippen LogP contribution in [0.4, 0.5) is 0 Å². The lowest BCUT2D eigenvalue weighted by molar-refractivity contribution is 0.0520. The highest BCUT2D eigenvalue weighted by Crippen LogP contribution is 2.26. The van der Waals surface area contributed by atoms with Crippen molar-refractivity contribution in [2.75, 3.05) is 13.7 Å². The molecule has 2 rings (SSSR count). The van der Waals surface area contributed by atoms with Crippen molar-refractivity contribution < 1.29 is 14.3 Å². The number of rotatable bonds is 5. The summed E-state index contributed by atoms with van der Waals surface area (Å²) in [6, 6.07) is 1.61. The van der Waals surface area contributed by atoms with Gasteiger partial charge in [0.25, 0.3) is 0 Å². The van der Waals surface area contributed by atoms with Gasteiger partial charge < -0.3 is 9.47 Å². The van der Waals surface area contributed by atoms with Crippen LogP contribution in [-0.2, 0) is 11.2 Å². The highest BCUT2D eigenvalue weighted by Gasteiger charge is 2.17. The number of carbonyl (C=O) groups is 1. The first kappa shape index (κ1) is 15.3. The number of nitrogens with zero attached hydrogens (tertiary/aromatic N) is 3. The molecule has 0 aliphatic rings. The fourth-order valence-corrected chi connectivity index (χ4v) is 2.08. The Bertz CT molecular complexity index is 655. The maximum atomic E-state index is 11.8. The number of pyridine rings is 1. The molecule has 0 N–H and O–H groups in total. The van der Waals surface area contributed by atoms with E-state index in [4.69, 9.17) is 21.1 Å². The summed E-state index contributed by atoms with van der Waals surface area (Å²) in [5, 5.41) is 0.333. The van der Waals surface area contributed by atoms with Crippen LogP contribution in [0.25, 0.3) is 5.69 Å². The molecule has 2 aromatic heterocycles. The van der Waals surface area contributed by atoms with Gasteiger partial charge in [0.05, 0.1) is 19.9 Å². The second-order valence-electron chi connectivity index (χ2n) is 4.17. The summed E-state index contributed by atoms with van der Waals surface area (Å²) in [4.78, 5) is 20.1. The van der Waals surface area contributed by atoms with Crippen LogP contribution >= 0.6 is 11.6 Å². The molecule has 6 nitrogen and oxygen atoms in total. The summed E-state index contributed by atoms with van der Waals surface area (Å²) in [7, 11) is 1.55. The van der Waals surface area contributed by atoms with Crippen LogP contribution in [0.5, 0.6) is 5.75 Å². The largest absolute Gasteiger partial charge is 0.494 e. The number of aryl methyl sites for hydroxylation is 1. The Morgan fingerprint density at radius 3 is 2.81 bits per heavy atom. The molecule has 0 aromatic carbocycles. The van der Waals surface area contributed by atoms with Gasteiger partial charge in [-0.05, 0) is 6.92 Å². The van der Waals surface area contributed by atoms with E-state index in [2.05, 4.69) is 9.97 Å². The summed E-state index contributed by atoms with van der Waals surface area (Å²) in [5.74, 6) is 0.810. The van der Waals surface area contributed by atoms with Crippen molar-refractivity contribution in [3.05, 3.63) is 35.1 Å². The third-order valence-electron chi connectivity index (χ3n) is 2.87. The second kappa shape index (κ2) is 6.58. The number of aromatic nitrogens is 3. The van der Waals surface area contributed by atoms with Gasteiger partial charge in [-0.15, -0.1) is 0 Å². The lowest BCUT2D eigenvalue weighted by atomic mass is 10.3. The zero-order valence-electron chi connectivity index (χ0n) is 12.1. The maximum Gasteiger partial charge on any atom is 0.358 e. The van der Waals surface area contributed by atoms with Crippen molar-refractivity contribution in [3.8, 4) is 11.4 Å². The minimum absolute atomic E-state index is 0.255. The highest BCUT2D eigenvalue weighted by atomic mass is 35.5. The average Bonchev–Trinajstić information content (AvgIpc) is 2.91. The lowest BCUT2D eigenvalue weighted by Crippen LogP contribution is -2.04. The van der Waals surface area contributed by atoms with Crippen LogP contribution in [0.1, 0.15) is 30.2 Å². The summed E-state index contributed by atoms with van der Waals surface area (Å²) in [6.07, 6.45) is 3.84. The first-order valence-electron chi connectivity index (χ1n) is 6.56. The molecule has 0 atom stereocenters. The van der Waals surface area contributed by atoms with Crippen LogP contribution < -0.4 is 4.74 Å². The predicted molar refractivity (Wildman–Crippen MR) is 78.3 cm³/mol. The van der Waals surface area contributed by atoms with Gasteiger partial charge in [0, 0.05) is 18.7 Å². The first-order chi connectivity index (χ1) is 10.1. The van der Waals surface area contributed by atoms with Crippen molar-refractivity contribution in [1.82, 2.24) is 14.5 Å². The molecule has 0 unspecified atom stereocenters. The third kappa shape index (κ3) is 3.16. The van der Waals surface area contributed by atoms with E-state index in [1.807, 2.05) is 6.92 Å². The monoisotopic (exact) mass is 309 g/mol. The van der Waals surface area contributed by atoms with Crippen molar-refractivity contribution in [2.45, 2.75) is 20.3 Å². The van der Waals surface area contributed by atoms with Crippen LogP contribution in [-0.4, -0.2) is 34.2 Å². The van der Waals surface area contributed by atoms with Gasteiger partial charge in [-0.1, -0.05) is 18.5 Å². The van der Waals surface area contributed by atoms with E-state index in [-0.39, 0.29) is 5.69 Å². The minimum Gasteiger partial charge on any atom is -0.494 e. The Morgan fingerprint density at radius 2 is 2.19 bits per heavy atom. The third-order valence-corrected chi connectivity index (χ3v) is 3.08. The normalized spacial score (nSPS) is 10.5. The van der Waals surface area contributed by atoms with Gasteiger partial charge in [0.1, 0.15) is 22.4 Å². The molecule has 2 heterocycles. The van der Waals surface area contributed by atoms with Gasteiger partial charge >= 0.3 is 5.97 Å². The van der Waals surface area contributed by atoms with E-state index in [0.717, 1.165) is 0 Å². The summed E-state index contributed by atoms with van der Waals surface area (Å²) < 4.78 is 12.0. The average molecular weight is 310 g/mol. The highest BCUT2D eigenvalue weighted by molar-refractivity contribution is 6.29. The molecule has 0 spiro atoms. The molecule has 0 amide bonds. The summed E-state index contributed by atoms with van der Waals surface area (Å²) >= 11 is 5.86. The fraction of sp³-hybridized carbons (Fsp3) is 0.357. The van der Waals surface area contributed by atoms with Crippen molar-refractivity contribution in [1.29, 1.82) is 0 Å².